The van der Waals surface area contributed by atoms with Gasteiger partial charge in [0.2, 0.25) is 0 Å². The first-order chi connectivity index (χ1) is 9.44. The minimum atomic E-state index is -0.485. The topological polar surface area (TPSA) is 69.4 Å². The molecule has 0 spiro atoms. The zero-order valence-corrected chi connectivity index (χ0v) is 13.0. The molecule has 0 heterocycles. The lowest BCUT2D eigenvalue weighted by molar-refractivity contribution is -0.386. The summed E-state index contributed by atoms with van der Waals surface area (Å²) in [4.78, 5) is 22.5. The molecule has 0 amide bonds. The third-order valence-electron chi connectivity index (χ3n) is 4.19. The van der Waals surface area contributed by atoms with Gasteiger partial charge >= 0.3 is 5.69 Å². The van der Waals surface area contributed by atoms with Crippen LogP contribution >= 0.6 is 15.9 Å². The molecule has 0 aliphatic heterocycles. The van der Waals surface area contributed by atoms with E-state index in [1.54, 1.807) is 12.1 Å². The lowest BCUT2D eigenvalue weighted by Gasteiger charge is -2.46. The van der Waals surface area contributed by atoms with Crippen LogP contribution in [0.1, 0.15) is 33.1 Å². The summed E-state index contributed by atoms with van der Waals surface area (Å²) < 4.78 is 6.41. The number of nitro groups is 1. The first-order valence-corrected chi connectivity index (χ1v) is 7.37. The van der Waals surface area contributed by atoms with Crippen molar-refractivity contribution in [2.24, 2.45) is 5.41 Å². The number of benzene rings is 1. The van der Waals surface area contributed by atoms with Gasteiger partial charge in [-0.25, -0.2) is 0 Å². The van der Waals surface area contributed by atoms with E-state index in [0.29, 0.717) is 23.7 Å². The molecular weight excluding hydrogens is 326 g/mol. The Kier molecular flexibility index (Phi) is 4.13. The van der Waals surface area contributed by atoms with Crippen molar-refractivity contribution in [3.05, 3.63) is 32.8 Å². The van der Waals surface area contributed by atoms with Gasteiger partial charge in [-0.05, 0) is 25.0 Å². The van der Waals surface area contributed by atoms with Crippen LogP contribution in [0.3, 0.4) is 0 Å². The normalized spacial score (nSPS) is 20.4. The number of nitrogens with zero attached hydrogens (tertiary/aromatic N) is 1. The number of carbonyl (C=O) groups excluding carboxylic acids is 1. The predicted molar refractivity (Wildman–Crippen MR) is 77.9 cm³/mol. The van der Waals surface area contributed by atoms with Gasteiger partial charge < -0.3 is 4.74 Å². The van der Waals surface area contributed by atoms with Crippen LogP contribution in [0.25, 0.3) is 0 Å². The second kappa shape index (κ2) is 5.52. The summed E-state index contributed by atoms with van der Waals surface area (Å²) in [5, 5.41) is 11.1. The molecule has 1 fully saturated rings. The fraction of sp³-hybridized carbons (Fsp3) is 0.500. The Morgan fingerprint density at radius 1 is 1.45 bits per heavy atom. The van der Waals surface area contributed by atoms with Crippen molar-refractivity contribution in [2.75, 3.05) is 0 Å². The maximum Gasteiger partial charge on any atom is 0.312 e. The maximum absolute atomic E-state index is 11.9. The zero-order chi connectivity index (χ0) is 14.9. The van der Waals surface area contributed by atoms with E-state index in [9.17, 15) is 14.9 Å². The van der Waals surface area contributed by atoms with E-state index in [2.05, 4.69) is 15.9 Å². The first kappa shape index (κ1) is 15.0. The van der Waals surface area contributed by atoms with Gasteiger partial charge in [-0.15, -0.1) is 0 Å². The quantitative estimate of drug-likeness (QED) is 0.601. The highest BCUT2D eigenvalue weighted by molar-refractivity contribution is 9.10. The molecule has 0 aromatic heterocycles. The molecule has 1 unspecified atom stereocenters. The fourth-order valence-corrected chi connectivity index (χ4v) is 3.10. The van der Waals surface area contributed by atoms with E-state index in [-0.39, 0.29) is 23.3 Å². The Balaban J connectivity index is 2.27. The summed E-state index contributed by atoms with van der Waals surface area (Å²) >= 11 is 3.21. The van der Waals surface area contributed by atoms with E-state index in [0.717, 1.165) is 0 Å². The average molecular weight is 342 g/mol. The number of halogens is 1. The van der Waals surface area contributed by atoms with E-state index in [1.165, 1.54) is 6.07 Å². The lowest BCUT2D eigenvalue weighted by atomic mass is 9.61. The number of rotatable bonds is 5. The van der Waals surface area contributed by atoms with Gasteiger partial charge in [0.05, 0.1) is 10.3 Å². The molecule has 108 valence electrons. The van der Waals surface area contributed by atoms with Gasteiger partial charge in [0, 0.05) is 17.0 Å². The number of hydrogen-bond donors (Lipinski definition) is 0. The van der Waals surface area contributed by atoms with Gasteiger partial charge in [0.25, 0.3) is 0 Å². The number of ketones is 1. The molecule has 0 bridgehead atoms. The van der Waals surface area contributed by atoms with Crippen molar-refractivity contribution >= 4 is 27.4 Å². The van der Waals surface area contributed by atoms with Crippen molar-refractivity contribution in [2.45, 2.75) is 39.2 Å². The first-order valence-electron chi connectivity index (χ1n) is 6.58. The van der Waals surface area contributed by atoms with Crippen LogP contribution in [-0.4, -0.2) is 16.8 Å². The second-order valence-electron chi connectivity index (χ2n) is 4.97. The molecule has 6 heteroatoms. The highest BCUT2D eigenvalue weighted by Crippen LogP contribution is 2.46. The molecule has 1 aliphatic rings. The Hall–Kier alpha value is -1.43. The van der Waals surface area contributed by atoms with E-state index < -0.39 is 10.3 Å². The highest BCUT2D eigenvalue weighted by Gasteiger charge is 2.54. The molecule has 5 nitrogen and oxygen atoms in total. The zero-order valence-electron chi connectivity index (χ0n) is 11.4. The largest absolute Gasteiger partial charge is 0.482 e. The molecule has 1 atom stereocenters. The summed E-state index contributed by atoms with van der Waals surface area (Å²) in [6, 6.07) is 4.68. The SMILES string of the molecule is CCC1(CC)C(=O)CC1Oc1ccc(Br)cc1[N+](=O)[O-]. The molecule has 1 aromatic rings. The number of carbonyl (C=O) groups is 1. The molecule has 20 heavy (non-hydrogen) atoms. The molecule has 2 rings (SSSR count). The van der Waals surface area contributed by atoms with Crippen molar-refractivity contribution in [1.82, 2.24) is 0 Å². The van der Waals surface area contributed by atoms with Crippen LogP contribution in [0.5, 0.6) is 5.75 Å². The Morgan fingerprint density at radius 2 is 2.10 bits per heavy atom. The summed E-state index contributed by atoms with van der Waals surface area (Å²) in [5.74, 6) is 0.411. The van der Waals surface area contributed by atoms with Crippen molar-refractivity contribution in [3.63, 3.8) is 0 Å². The minimum Gasteiger partial charge on any atom is -0.482 e. The van der Waals surface area contributed by atoms with E-state index in [4.69, 9.17) is 4.74 Å². The fourth-order valence-electron chi connectivity index (χ4n) is 2.76. The minimum absolute atomic E-state index is 0.0835. The number of Topliss-reactive ketones (excluding diaryl/α,β-unsaturated/α-hetero) is 1. The molecule has 1 aliphatic carbocycles. The summed E-state index contributed by atoms with van der Waals surface area (Å²) in [7, 11) is 0. The number of hydrogen-bond acceptors (Lipinski definition) is 4. The second-order valence-corrected chi connectivity index (χ2v) is 5.88. The number of ether oxygens (including phenoxy) is 1. The van der Waals surface area contributed by atoms with Crippen LogP contribution in [0.2, 0.25) is 0 Å². The van der Waals surface area contributed by atoms with E-state index >= 15 is 0 Å². The summed E-state index contributed by atoms with van der Waals surface area (Å²) in [6.45, 7) is 3.90. The third kappa shape index (κ3) is 2.32. The Labute approximate surface area is 125 Å². The maximum atomic E-state index is 11.9. The third-order valence-corrected chi connectivity index (χ3v) is 4.68. The Bertz CT molecular complexity index is 554. The van der Waals surface area contributed by atoms with Gasteiger partial charge in [-0.2, -0.15) is 0 Å². The smallest absolute Gasteiger partial charge is 0.312 e. The molecule has 1 aromatic carbocycles. The van der Waals surface area contributed by atoms with Crippen molar-refractivity contribution in [3.8, 4) is 5.75 Å². The van der Waals surface area contributed by atoms with Crippen molar-refractivity contribution in [1.29, 1.82) is 0 Å². The Morgan fingerprint density at radius 3 is 2.60 bits per heavy atom. The monoisotopic (exact) mass is 341 g/mol. The van der Waals surface area contributed by atoms with Gasteiger partial charge in [0.15, 0.2) is 5.75 Å². The molecule has 0 radical (unpaired) electrons. The lowest BCUT2D eigenvalue weighted by Crippen LogP contribution is -2.56. The standard InChI is InChI=1S/C14H16BrNO4/c1-3-14(4-2)12(17)8-13(14)20-11-6-5-9(15)7-10(11)16(18)19/h5-7,13H,3-4,8H2,1-2H3. The van der Waals surface area contributed by atoms with Crippen LogP contribution in [0.15, 0.2) is 22.7 Å². The van der Waals surface area contributed by atoms with Crippen LogP contribution < -0.4 is 4.74 Å². The van der Waals surface area contributed by atoms with Crippen LogP contribution in [0, 0.1) is 15.5 Å². The van der Waals surface area contributed by atoms with Gasteiger partial charge in [0.1, 0.15) is 11.9 Å². The van der Waals surface area contributed by atoms with Crippen LogP contribution in [-0.2, 0) is 4.79 Å². The van der Waals surface area contributed by atoms with E-state index in [1.807, 2.05) is 13.8 Å². The summed E-state index contributed by atoms with van der Waals surface area (Å²) in [5.41, 5.74) is -0.569. The molecular formula is C14H16BrNO4. The molecule has 0 N–H and O–H groups in total. The van der Waals surface area contributed by atoms with Gasteiger partial charge in [-0.1, -0.05) is 29.8 Å². The van der Waals surface area contributed by atoms with Crippen molar-refractivity contribution < 1.29 is 14.5 Å². The molecule has 1 saturated carbocycles. The number of nitro benzene ring substituents is 1. The highest BCUT2D eigenvalue weighted by atomic mass is 79.9. The predicted octanol–water partition coefficient (Wildman–Crippen LogP) is 3.88. The van der Waals surface area contributed by atoms with Crippen LogP contribution in [0.4, 0.5) is 5.69 Å². The summed E-state index contributed by atoms with van der Waals surface area (Å²) in [6.07, 6.45) is 1.44. The average Bonchev–Trinajstić information content (AvgIpc) is 2.41. The van der Waals surface area contributed by atoms with Gasteiger partial charge in [-0.3, -0.25) is 14.9 Å². The molecule has 0 saturated heterocycles.